The molecule has 2 aliphatic rings. The molecule has 0 fully saturated rings. The Balaban J connectivity index is 1.76. The molecular formula is C23H22N4. The van der Waals surface area contributed by atoms with Crippen molar-refractivity contribution in [2.75, 3.05) is 9.80 Å². The highest BCUT2D eigenvalue weighted by Gasteiger charge is 2.48. The average Bonchev–Trinajstić information content (AvgIpc) is 3.07. The Bertz CT molecular complexity index is 984. The molecule has 0 saturated carbocycles. The molecule has 27 heavy (non-hydrogen) atoms. The van der Waals surface area contributed by atoms with Gasteiger partial charge in [-0.25, -0.2) is 9.97 Å². The lowest BCUT2D eigenvalue weighted by Gasteiger charge is -2.45. The lowest BCUT2D eigenvalue weighted by molar-refractivity contribution is 0.369. The third-order valence-electron chi connectivity index (χ3n) is 5.85. The molecule has 3 heterocycles. The Morgan fingerprint density at radius 1 is 1.00 bits per heavy atom. The Labute approximate surface area is 159 Å². The van der Waals surface area contributed by atoms with Gasteiger partial charge in [0.2, 0.25) is 0 Å². The van der Waals surface area contributed by atoms with Crippen molar-refractivity contribution in [3.63, 3.8) is 0 Å². The molecule has 0 spiro atoms. The van der Waals surface area contributed by atoms with E-state index in [0.717, 1.165) is 17.9 Å². The topological polar surface area (TPSA) is 32.3 Å². The molecule has 2 aliphatic heterocycles. The minimum absolute atomic E-state index is 0.166. The van der Waals surface area contributed by atoms with Crippen molar-refractivity contribution in [3.05, 3.63) is 85.3 Å². The van der Waals surface area contributed by atoms with E-state index in [1.165, 1.54) is 16.9 Å². The molecule has 0 bridgehead atoms. The fourth-order valence-corrected chi connectivity index (χ4v) is 4.69. The molecule has 0 radical (unpaired) electrons. The van der Waals surface area contributed by atoms with Crippen molar-refractivity contribution in [2.45, 2.75) is 25.4 Å². The van der Waals surface area contributed by atoms with E-state index in [1.54, 1.807) is 6.33 Å². The number of allylic oxidation sites excluding steroid dienone is 1. The van der Waals surface area contributed by atoms with Gasteiger partial charge in [0.1, 0.15) is 18.2 Å². The second-order valence-corrected chi connectivity index (χ2v) is 7.27. The van der Waals surface area contributed by atoms with E-state index in [-0.39, 0.29) is 6.17 Å². The summed E-state index contributed by atoms with van der Waals surface area (Å²) in [6.07, 6.45) is 6.76. The molecule has 3 aromatic rings. The molecule has 4 heteroatoms. The van der Waals surface area contributed by atoms with E-state index in [4.69, 9.17) is 0 Å². The van der Waals surface area contributed by atoms with Crippen molar-refractivity contribution >= 4 is 22.9 Å². The van der Waals surface area contributed by atoms with Crippen LogP contribution in [0.25, 0.3) is 0 Å². The maximum absolute atomic E-state index is 4.68. The van der Waals surface area contributed by atoms with Gasteiger partial charge in [0, 0.05) is 17.3 Å². The van der Waals surface area contributed by atoms with Crippen LogP contribution in [0, 0.1) is 5.92 Å². The zero-order valence-electron chi connectivity index (χ0n) is 15.4. The van der Waals surface area contributed by atoms with E-state index in [1.807, 2.05) is 12.3 Å². The summed E-state index contributed by atoms with van der Waals surface area (Å²) in [4.78, 5) is 13.8. The Morgan fingerprint density at radius 2 is 1.78 bits per heavy atom. The fraction of sp³-hybridized carbons (Fsp3) is 0.217. The highest BCUT2D eigenvalue weighted by atomic mass is 15.5. The van der Waals surface area contributed by atoms with Crippen LogP contribution in [-0.4, -0.2) is 16.1 Å². The average molecular weight is 354 g/mol. The Hall–Kier alpha value is -3.14. The van der Waals surface area contributed by atoms with Gasteiger partial charge < -0.3 is 9.80 Å². The first-order valence-corrected chi connectivity index (χ1v) is 9.44. The summed E-state index contributed by atoms with van der Waals surface area (Å²) < 4.78 is 0. The number of anilines is 4. The first-order valence-electron chi connectivity index (χ1n) is 9.44. The highest BCUT2D eigenvalue weighted by molar-refractivity contribution is 5.87. The van der Waals surface area contributed by atoms with Gasteiger partial charge in [-0.05, 0) is 36.1 Å². The number of hydrogen-bond acceptors (Lipinski definition) is 4. The lowest BCUT2D eigenvalue weighted by atomic mass is 9.78. The molecule has 134 valence electrons. The predicted molar refractivity (Wildman–Crippen MR) is 110 cm³/mol. The summed E-state index contributed by atoms with van der Waals surface area (Å²) in [5, 5.41) is 0. The number of hydrogen-bond donors (Lipinski definition) is 0. The van der Waals surface area contributed by atoms with Crippen LogP contribution in [0.15, 0.2) is 79.8 Å². The second-order valence-electron chi connectivity index (χ2n) is 7.27. The smallest absolute Gasteiger partial charge is 0.162 e. The zero-order valence-corrected chi connectivity index (χ0v) is 15.4. The number of aromatic nitrogens is 2. The van der Waals surface area contributed by atoms with Crippen molar-refractivity contribution in [2.24, 2.45) is 5.92 Å². The summed E-state index contributed by atoms with van der Waals surface area (Å²) in [6, 6.07) is 19.3. The van der Waals surface area contributed by atoms with E-state index >= 15 is 0 Å². The van der Waals surface area contributed by atoms with Crippen molar-refractivity contribution in [1.29, 1.82) is 0 Å². The molecular weight excluding hydrogens is 332 g/mol. The number of fused-ring (bicyclic) bond motifs is 5. The summed E-state index contributed by atoms with van der Waals surface area (Å²) in [6.45, 7) is 6.36. The van der Waals surface area contributed by atoms with Crippen LogP contribution in [0.3, 0.4) is 0 Å². The summed E-state index contributed by atoms with van der Waals surface area (Å²) in [7, 11) is 0. The van der Waals surface area contributed by atoms with Crippen molar-refractivity contribution in [3.8, 4) is 0 Å². The van der Waals surface area contributed by atoms with Gasteiger partial charge >= 0.3 is 0 Å². The monoisotopic (exact) mass is 354 g/mol. The zero-order chi connectivity index (χ0) is 18.4. The van der Waals surface area contributed by atoms with Gasteiger partial charge in [-0.15, -0.1) is 6.58 Å². The van der Waals surface area contributed by atoms with Crippen LogP contribution < -0.4 is 9.80 Å². The van der Waals surface area contributed by atoms with Gasteiger partial charge in [-0.2, -0.15) is 0 Å². The van der Waals surface area contributed by atoms with Crippen LogP contribution >= 0.6 is 0 Å². The van der Waals surface area contributed by atoms with Crippen LogP contribution in [0.1, 0.15) is 24.8 Å². The molecule has 5 rings (SSSR count). The Morgan fingerprint density at radius 3 is 2.59 bits per heavy atom. The molecule has 0 saturated heterocycles. The quantitative estimate of drug-likeness (QED) is 0.589. The number of rotatable bonds is 3. The largest absolute Gasteiger partial charge is 0.315 e. The Kier molecular flexibility index (Phi) is 3.71. The molecule has 0 amide bonds. The van der Waals surface area contributed by atoms with Gasteiger partial charge in [0.05, 0.1) is 6.20 Å². The van der Waals surface area contributed by atoms with Crippen LogP contribution in [0.2, 0.25) is 0 Å². The second kappa shape index (κ2) is 6.23. The summed E-state index contributed by atoms with van der Waals surface area (Å²) >= 11 is 0. The first-order chi connectivity index (χ1) is 13.3. The van der Waals surface area contributed by atoms with Crippen LogP contribution in [-0.2, 0) is 0 Å². The third kappa shape index (κ3) is 2.29. The standard InChI is InChI=1S/C23H22N4/c1-3-9-18-16(2)23-26(17-10-5-4-6-11-17)21-14-24-15-25-22(21)27(23)20-13-8-7-12-19(18)20/h3-8,10-16,18,23H,1,9H2,2H3. The summed E-state index contributed by atoms with van der Waals surface area (Å²) in [5.74, 6) is 1.80. The van der Waals surface area contributed by atoms with Crippen LogP contribution in [0.4, 0.5) is 22.9 Å². The minimum atomic E-state index is 0.166. The molecule has 2 aromatic carbocycles. The van der Waals surface area contributed by atoms with Gasteiger partial charge in [-0.3, -0.25) is 0 Å². The minimum Gasteiger partial charge on any atom is -0.315 e. The predicted octanol–water partition coefficient (Wildman–Crippen LogP) is 5.40. The number of nitrogens with zero attached hydrogens (tertiary/aromatic N) is 4. The van der Waals surface area contributed by atoms with E-state index in [0.29, 0.717) is 11.8 Å². The summed E-state index contributed by atoms with van der Waals surface area (Å²) in [5.41, 5.74) is 4.85. The van der Waals surface area contributed by atoms with E-state index in [2.05, 4.69) is 87.9 Å². The van der Waals surface area contributed by atoms with E-state index in [9.17, 15) is 0 Å². The SMILES string of the molecule is C=CCC1c2ccccc2N2c3ncncc3N(c3ccccc3)C2C1C. The molecule has 3 atom stereocenters. The molecule has 4 nitrogen and oxygen atoms in total. The lowest BCUT2D eigenvalue weighted by Crippen LogP contribution is -2.48. The maximum atomic E-state index is 4.68. The van der Waals surface area contributed by atoms with Crippen molar-refractivity contribution in [1.82, 2.24) is 9.97 Å². The van der Waals surface area contributed by atoms with Gasteiger partial charge in [0.25, 0.3) is 0 Å². The van der Waals surface area contributed by atoms with E-state index < -0.39 is 0 Å². The first kappa shape index (κ1) is 16.1. The van der Waals surface area contributed by atoms with Gasteiger partial charge in [0.15, 0.2) is 5.82 Å². The van der Waals surface area contributed by atoms with Crippen LogP contribution in [0.5, 0.6) is 0 Å². The third-order valence-corrected chi connectivity index (χ3v) is 5.85. The number of para-hydroxylation sites is 2. The molecule has 3 unspecified atom stereocenters. The van der Waals surface area contributed by atoms with Gasteiger partial charge in [-0.1, -0.05) is 49.4 Å². The molecule has 1 aromatic heterocycles. The normalized spacial score (nSPS) is 22.8. The maximum Gasteiger partial charge on any atom is 0.162 e. The molecule has 0 aliphatic carbocycles. The molecule has 0 N–H and O–H groups in total. The number of benzene rings is 2. The fourth-order valence-electron chi connectivity index (χ4n) is 4.69. The highest BCUT2D eigenvalue weighted by Crippen LogP contribution is 2.55. The van der Waals surface area contributed by atoms with Crippen molar-refractivity contribution < 1.29 is 0 Å².